The first-order valence-electron chi connectivity index (χ1n) is 8.56. The van der Waals surface area contributed by atoms with Crippen molar-refractivity contribution in [2.45, 2.75) is 31.6 Å². The van der Waals surface area contributed by atoms with Crippen molar-refractivity contribution in [2.24, 2.45) is 5.92 Å². The Morgan fingerprint density at radius 3 is 2.67 bits per heavy atom. The van der Waals surface area contributed by atoms with Crippen LogP contribution >= 0.6 is 0 Å². The number of rotatable bonds is 4. The van der Waals surface area contributed by atoms with E-state index in [9.17, 15) is 9.59 Å². The van der Waals surface area contributed by atoms with E-state index in [1.165, 1.54) is 6.39 Å². The molecule has 1 atom stereocenters. The Labute approximate surface area is 140 Å². The van der Waals surface area contributed by atoms with Crippen LogP contribution in [-0.2, 0) is 0 Å². The summed E-state index contributed by atoms with van der Waals surface area (Å²) in [5.74, 6) is 0.947. The topological polar surface area (TPSA) is 63.4 Å². The predicted octanol–water partition coefficient (Wildman–Crippen LogP) is 3.29. The molecule has 0 spiro atoms. The molecule has 2 heterocycles. The Kier molecular flexibility index (Phi) is 3.92. The van der Waals surface area contributed by atoms with E-state index in [4.69, 9.17) is 4.42 Å². The highest BCUT2D eigenvalue weighted by Crippen LogP contribution is 2.41. The van der Waals surface area contributed by atoms with Gasteiger partial charge in [-0.25, -0.2) is 4.98 Å². The molecule has 1 aliphatic heterocycles. The summed E-state index contributed by atoms with van der Waals surface area (Å²) in [7, 11) is 0. The van der Waals surface area contributed by atoms with Crippen LogP contribution in [0.5, 0.6) is 0 Å². The smallest absolute Gasteiger partial charge is 0.276 e. The van der Waals surface area contributed by atoms with E-state index >= 15 is 0 Å². The fraction of sp³-hybridized carbons (Fsp3) is 0.421. The summed E-state index contributed by atoms with van der Waals surface area (Å²) in [5, 5.41) is 0. The number of oxazole rings is 1. The van der Waals surface area contributed by atoms with Gasteiger partial charge in [-0.1, -0.05) is 30.3 Å². The Morgan fingerprint density at radius 1 is 1.12 bits per heavy atom. The largest absolute Gasteiger partial charge is 0.447 e. The van der Waals surface area contributed by atoms with Gasteiger partial charge in [0, 0.05) is 30.5 Å². The van der Waals surface area contributed by atoms with Gasteiger partial charge in [-0.05, 0) is 25.7 Å². The minimum absolute atomic E-state index is 0.101. The molecule has 1 saturated heterocycles. The second-order valence-corrected chi connectivity index (χ2v) is 6.66. The van der Waals surface area contributed by atoms with E-state index in [1.807, 2.05) is 30.3 Å². The molecule has 4 rings (SSSR count). The first-order valence-corrected chi connectivity index (χ1v) is 8.56. The summed E-state index contributed by atoms with van der Waals surface area (Å²) in [6.07, 6.45) is 5.14. The number of likely N-dealkylation sites (tertiary alicyclic amines) is 1. The molecule has 1 aliphatic carbocycles. The Bertz CT molecular complexity index is 749. The van der Waals surface area contributed by atoms with Crippen molar-refractivity contribution < 1.29 is 14.0 Å². The maximum atomic E-state index is 12.8. The maximum Gasteiger partial charge on any atom is 0.276 e. The van der Waals surface area contributed by atoms with E-state index in [2.05, 4.69) is 4.98 Å². The lowest BCUT2D eigenvalue weighted by atomic mass is 9.90. The summed E-state index contributed by atoms with van der Waals surface area (Å²) < 4.78 is 5.42. The SMILES string of the molecule is O=C(c1ccccc1)[C@@H]1CCCN(C(=O)c2ncoc2C2CC2)C1. The second kappa shape index (κ2) is 6.23. The number of aromatic nitrogens is 1. The highest BCUT2D eigenvalue weighted by Gasteiger charge is 2.36. The third kappa shape index (κ3) is 2.86. The minimum Gasteiger partial charge on any atom is -0.447 e. The zero-order chi connectivity index (χ0) is 16.5. The lowest BCUT2D eigenvalue weighted by Crippen LogP contribution is -2.42. The number of amides is 1. The molecule has 2 fully saturated rings. The van der Waals surface area contributed by atoms with Gasteiger partial charge in [-0.2, -0.15) is 0 Å². The van der Waals surface area contributed by atoms with E-state index in [0.29, 0.717) is 24.7 Å². The number of carbonyl (C=O) groups is 2. The van der Waals surface area contributed by atoms with E-state index < -0.39 is 0 Å². The number of ketones is 1. The Balaban J connectivity index is 1.49. The maximum absolute atomic E-state index is 12.8. The van der Waals surface area contributed by atoms with Crippen LogP contribution in [0, 0.1) is 5.92 Å². The molecule has 1 aromatic carbocycles. The van der Waals surface area contributed by atoms with Crippen LogP contribution in [0.3, 0.4) is 0 Å². The number of hydrogen-bond acceptors (Lipinski definition) is 4. The number of piperidine rings is 1. The summed E-state index contributed by atoms with van der Waals surface area (Å²) in [6, 6.07) is 9.32. The predicted molar refractivity (Wildman–Crippen MR) is 87.9 cm³/mol. The molecule has 1 saturated carbocycles. The van der Waals surface area contributed by atoms with Crippen molar-refractivity contribution in [2.75, 3.05) is 13.1 Å². The average Bonchev–Trinajstić information content (AvgIpc) is 3.38. The molecular formula is C19H20N2O3. The quantitative estimate of drug-likeness (QED) is 0.810. The zero-order valence-corrected chi connectivity index (χ0v) is 13.5. The molecule has 1 aromatic heterocycles. The summed E-state index contributed by atoms with van der Waals surface area (Å²) in [5.41, 5.74) is 1.15. The fourth-order valence-electron chi connectivity index (χ4n) is 3.41. The average molecular weight is 324 g/mol. The van der Waals surface area contributed by atoms with Gasteiger partial charge in [0.15, 0.2) is 17.9 Å². The number of carbonyl (C=O) groups excluding carboxylic acids is 2. The third-order valence-corrected chi connectivity index (χ3v) is 4.88. The van der Waals surface area contributed by atoms with Crippen LogP contribution in [0.15, 0.2) is 41.1 Å². The van der Waals surface area contributed by atoms with Gasteiger partial charge in [0.2, 0.25) is 0 Å². The summed E-state index contributed by atoms with van der Waals surface area (Å²) in [6.45, 7) is 1.14. The normalized spacial score (nSPS) is 20.8. The Morgan fingerprint density at radius 2 is 1.92 bits per heavy atom. The van der Waals surface area contributed by atoms with E-state index in [1.54, 1.807) is 4.90 Å². The van der Waals surface area contributed by atoms with Gasteiger partial charge in [-0.15, -0.1) is 0 Å². The van der Waals surface area contributed by atoms with Crippen LogP contribution in [0.2, 0.25) is 0 Å². The van der Waals surface area contributed by atoms with Crippen molar-refractivity contribution in [3.05, 3.63) is 53.7 Å². The lowest BCUT2D eigenvalue weighted by molar-refractivity contribution is 0.0631. The second-order valence-electron chi connectivity index (χ2n) is 6.66. The van der Waals surface area contributed by atoms with Gasteiger partial charge in [-0.3, -0.25) is 9.59 Å². The molecule has 0 N–H and O–H groups in total. The molecule has 2 aliphatic rings. The molecule has 0 radical (unpaired) electrons. The first-order chi connectivity index (χ1) is 11.7. The van der Waals surface area contributed by atoms with E-state index in [0.717, 1.165) is 37.0 Å². The van der Waals surface area contributed by atoms with E-state index in [-0.39, 0.29) is 17.6 Å². The molecule has 5 heteroatoms. The zero-order valence-electron chi connectivity index (χ0n) is 13.5. The van der Waals surface area contributed by atoms with Gasteiger partial charge in [0.05, 0.1) is 0 Å². The van der Waals surface area contributed by atoms with Gasteiger partial charge in [0.1, 0.15) is 5.76 Å². The molecule has 24 heavy (non-hydrogen) atoms. The summed E-state index contributed by atoms with van der Waals surface area (Å²) >= 11 is 0. The Hall–Kier alpha value is -2.43. The molecule has 0 bridgehead atoms. The summed E-state index contributed by atoms with van der Waals surface area (Å²) in [4.78, 5) is 31.4. The van der Waals surface area contributed by atoms with Gasteiger partial charge < -0.3 is 9.32 Å². The molecule has 2 aromatic rings. The molecule has 1 amide bonds. The third-order valence-electron chi connectivity index (χ3n) is 4.88. The highest BCUT2D eigenvalue weighted by molar-refractivity contribution is 5.99. The highest BCUT2D eigenvalue weighted by atomic mass is 16.3. The van der Waals surface area contributed by atoms with Crippen LogP contribution in [0.1, 0.15) is 58.2 Å². The van der Waals surface area contributed by atoms with Crippen molar-refractivity contribution in [3.8, 4) is 0 Å². The monoisotopic (exact) mass is 324 g/mol. The van der Waals surface area contributed by atoms with Crippen molar-refractivity contribution >= 4 is 11.7 Å². The molecule has 5 nitrogen and oxygen atoms in total. The van der Waals surface area contributed by atoms with Crippen molar-refractivity contribution in [1.82, 2.24) is 9.88 Å². The molecular weight excluding hydrogens is 304 g/mol. The van der Waals surface area contributed by atoms with Crippen molar-refractivity contribution in [1.29, 1.82) is 0 Å². The number of nitrogens with zero attached hydrogens (tertiary/aromatic N) is 2. The van der Waals surface area contributed by atoms with Crippen molar-refractivity contribution in [3.63, 3.8) is 0 Å². The van der Waals surface area contributed by atoms with Gasteiger partial charge in [0.25, 0.3) is 5.91 Å². The minimum atomic E-state index is -0.138. The number of benzene rings is 1. The lowest BCUT2D eigenvalue weighted by Gasteiger charge is -2.31. The van der Waals surface area contributed by atoms with Crippen LogP contribution in [0.4, 0.5) is 0 Å². The van der Waals surface area contributed by atoms with Crippen LogP contribution in [0.25, 0.3) is 0 Å². The fourth-order valence-corrected chi connectivity index (χ4v) is 3.41. The standard InChI is InChI=1S/C19H20N2O3/c22-17(13-5-2-1-3-6-13)15-7-4-10-21(11-15)19(23)16-18(14-8-9-14)24-12-20-16/h1-3,5-6,12,14-15H,4,7-11H2/t15-/m1/s1. The first kappa shape index (κ1) is 15.1. The molecule has 0 unspecified atom stereocenters. The van der Waals surface area contributed by atoms with Crippen LogP contribution in [-0.4, -0.2) is 34.7 Å². The number of hydrogen-bond donors (Lipinski definition) is 0. The van der Waals surface area contributed by atoms with Gasteiger partial charge >= 0.3 is 0 Å². The molecule has 124 valence electrons. The number of Topliss-reactive ketones (excluding diaryl/α,β-unsaturated/α-hetero) is 1. The van der Waals surface area contributed by atoms with Crippen LogP contribution < -0.4 is 0 Å².